The Bertz CT molecular complexity index is 820. The van der Waals surface area contributed by atoms with Gasteiger partial charge in [0.05, 0.1) is 11.3 Å². The number of nitrogens with zero attached hydrogens (tertiary/aromatic N) is 2. The molecule has 1 aromatic carbocycles. The highest BCUT2D eigenvalue weighted by molar-refractivity contribution is 7.16. The smallest absolute Gasteiger partial charge is 0.265 e. The molecular formula is C17H17N3O2S. The number of amides is 1. The molecule has 0 saturated heterocycles. The van der Waals surface area contributed by atoms with Crippen LogP contribution in [0, 0.1) is 11.3 Å². The maximum absolute atomic E-state index is 12.0. The highest BCUT2D eigenvalue weighted by Gasteiger charge is 2.26. The predicted octanol–water partition coefficient (Wildman–Crippen LogP) is 3.18. The number of fused-ring (bicyclic) bond motifs is 1. The summed E-state index contributed by atoms with van der Waals surface area (Å²) >= 11 is 1.45. The van der Waals surface area contributed by atoms with E-state index in [1.54, 1.807) is 4.90 Å². The van der Waals surface area contributed by atoms with Crippen LogP contribution in [0.5, 0.6) is 5.75 Å². The zero-order valence-electron chi connectivity index (χ0n) is 13.0. The molecule has 0 saturated carbocycles. The lowest BCUT2D eigenvalue weighted by molar-refractivity contribution is -0.121. The number of ether oxygens (including phenoxy) is 1. The van der Waals surface area contributed by atoms with Gasteiger partial charge in [-0.15, -0.1) is 11.3 Å². The highest BCUT2D eigenvalue weighted by atomic mass is 32.1. The number of aryl methyl sites for hydroxylation is 1. The van der Waals surface area contributed by atoms with E-state index in [0.29, 0.717) is 22.9 Å². The van der Waals surface area contributed by atoms with Crippen LogP contribution >= 0.6 is 11.3 Å². The molecule has 2 heterocycles. The molecule has 0 fully saturated rings. The number of rotatable bonds is 3. The summed E-state index contributed by atoms with van der Waals surface area (Å²) in [6, 6.07) is 7.89. The molecule has 0 spiro atoms. The number of thiophene rings is 1. The van der Waals surface area contributed by atoms with Crippen molar-refractivity contribution < 1.29 is 9.53 Å². The minimum Gasteiger partial charge on any atom is -0.482 e. The highest BCUT2D eigenvalue weighted by Crippen LogP contribution is 2.42. The van der Waals surface area contributed by atoms with Gasteiger partial charge in [-0.1, -0.05) is 13.0 Å². The van der Waals surface area contributed by atoms with Gasteiger partial charge >= 0.3 is 0 Å². The Balaban J connectivity index is 2.19. The first kappa shape index (κ1) is 15.4. The van der Waals surface area contributed by atoms with E-state index in [1.165, 1.54) is 11.3 Å². The van der Waals surface area contributed by atoms with Crippen molar-refractivity contribution in [2.45, 2.75) is 20.3 Å². The number of nitrogen functional groups attached to an aromatic ring is 1. The maximum Gasteiger partial charge on any atom is 0.265 e. The standard InChI is InChI=1S/C17H17N3O2S/c1-3-14-16(11(8-18)17(19)23-14)10-5-6-13-12(7-10)20(4-2)15(21)9-22-13/h5-7H,3-4,9,19H2,1-2H3. The number of nitriles is 1. The Labute approximate surface area is 138 Å². The molecule has 2 N–H and O–H groups in total. The van der Waals surface area contributed by atoms with Gasteiger partial charge in [-0.2, -0.15) is 5.26 Å². The minimum absolute atomic E-state index is 0.0572. The van der Waals surface area contributed by atoms with Crippen molar-refractivity contribution >= 4 is 27.9 Å². The molecule has 1 amide bonds. The van der Waals surface area contributed by atoms with Crippen molar-refractivity contribution in [3.05, 3.63) is 28.6 Å². The molecule has 2 aromatic rings. The molecule has 1 aliphatic heterocycles. The average Bonchev–Trinajstić information content (AvgIpc) is 2.89. The summed E-state index contributed by atoms with van der Waals surface area (Å²) in [6.45, 7) is 4.62. The lowest BCUT2D eigenvalue weighted by Crippen LogP contribution is -2.38. The Morgan fingerprint density at radius 2 is 2.22 bits per heavy atom. The summed E-state index contributed by atoms with van der Waals surface area (Å²) in [5.41, 5.74) is 9.01. The first-order valence-electron chi connectivity index (χ1n) is 7.49. The van der Waals surface area contributed by atoms with Crippen LogP contribution in [0.15, 0.2) is 18.2 Å². The Kier molecular flexibility index (Phi) is 3.97. The van der Waals surface area contributed by atoms with Gasteiger partial charge in [0.1, 0.15) is 16.8 Å². The summed E-state index contributed by atoms with van der Waals surface area (Å²) in [6.07, 6.45) is 0.801. The lowest BCUT2D eigenvalue weighted by Gasteiger charge is -2.28. The van der Waals surface area contributed by atoms with Gasteiger partial charge in [0.2, 0.25) is 0 Å². The van der Waals surface area contributed by atoms with Crippen LogP contribution in [0.4, 0.5) is 10.7 Å². The monoisotopic (exact) mass is 327 g/mol. The first-order chi connectivity index (χ1) is 11.1. The van der Waals surface area contributed by atoms with Crippen LogP contribution in [0.2, 0.25) is 0 Å². The van der Waals surface area contributed by atoms with Crippen molar-refractivity contribution in [2.24, 2.45) is 0 Å². The van der Waals surface area contributed by atoms with Gasteiger partial charge in [0, 0.05) is 17.0 Å². The zero-order chi connectivity index (χ0) is 16.6. The zero-order valence-corrected chi connectivity index (χ0v) is 13.9. The molecule has 0 aliphatic carbocycles. The van der Waals surface area contributed by atoms with Crippen molar-refractivity contribution in [3.63, 3.8) is 0 Å². The average molecular weight is 327 g/mol. The number of carbonyl (C=O) groups excluding carboxylic acids is 1. The van der Waals surface area contributed by atoms with Gasteiger partial charge < -0.3 is 15.4 Å². The van der Waals surface area contributed by atoms with Gasteiger partial charge in [0.15, 0.2) is 6.61 Å². The number of nitrogens with two attached hydrogens (primary N) is 1. The van der Waals surface area contributed by atoms with Crippen LogP contribution in [0.25, 0.3) is 11.1 Å². The quantitative estimate of drug-likeness (QED) is 0.939. The Morgan fingerprint density at radius 3 is 2.87 bits per heavy atom. The second-order valence-electron chi connectivity index (χ2n) is 5.21. The van der Waals surface area contributed by atoms with Gasteiger partial charge in [-0.05, 0) is 31.0 Å². The number of hydrogen-bond donors (Lipinski definition) is 1. The second-order valence-corrected chi connectivity index (χ2v) is 6.35. The van der Waals surface area contributed by atoms with Gasteiger partial charge in [-0.3, -0.25) is 4.79 Å². The number of benzene rings is 1. The summed E-state index contributed by atoms with van der Waals surface area (Å²) in [5.74, 6) is 0.633. The lowest BCUT2D eigenvalue weighted by atomic mass is 9.99. The maximum atomic E-state index is 12.0. The topological polar surface area (TPSA) is 79.4 Å². The number of carbonyl (C=O) groups is 1. The Morgan fingerprint density at radius 1 is 1.43 bits per heavy atom. The summed E-state index contributed by atoms with van der Waals surface area (Å²) in [7, 11) is 0. The molecule has 0 unspecified atom stereocenters. The van der Waals surface area contributed by atoms with Gasteiger partial charge in [-0.25, -0.2) is 0 Å². The fourth-order valence-electron chi connectivity index (χ4n) is 2.87. The third-order valence-electron chi connectivity index (χ3n) is 3.95. The fraction of sp³-hybridized carbons (Fsp3) is 0.294. The van der Waals surface area contributed by atoms with E-state index >= 15 is 0 Å². The Hall–Kier alpha value is -2.52. The van der Waals surface area contributed by atoms with Crippen molar-refractivity contribution in [3.8, 4) is 22.9 Å². The van der Waals surface area contributed by atoms with E-state index in [0.717, 1.165) is 28.1 Å². The van der Waals surface area contributed by atoms with Crippen LogP contribution in [-0.2, 0) is 11.2 Å². The van der Waals surface area contributed by atoms with Crippen molar-refractivity contribution in [1.29, 1.82) is 5.26 Å². The molecule has 5 nitrogen and oxygen atoms in total. The molecule has 1 aromatic heterocycles. The molecule has 6 heteroatoms. The van der Waals surface area contributed by atoms with E-state index in [1.807, 2.05) is 32.0 Å². The van der Waals surface area contributed by atoms with Crippen LogP contribution in [0.1, 0.15) is 24.3 Å². The van der Waals surface area contributed by atoms with E-state index in [4.69, 9.17) is 10.5 Å². The van der Waals surface area contributed by atoms with E-state index in [2.05, 4.69) is 6.07 Å². The van der Waals surface area contributed by atoms with Crippen LogP contribution in [0.3, 0.4) is 0 Å². The van der Waals surface area contributed by atoms with Crippen molar-refractivity contribution in [2.75, 3.05) is 23.8 Å². The van der Waals surface area contributed by atoms with E-state index < -0.39 is 0 Å². The summed E-state index contributed by atoms with van der Waals surface area (Å²) in [4.78, 5) is 14.8. The summed E-state index contributed by atoms with van der Waals surface area (Å²) in [5, 5.41) is 9.97. The van der Waals surface area contributed by atoms with Crippen molar-refractivity contribution in [1.82, 2.24) is 0 Å². The number of likely N-dealkylation sites (N-methyl/N-ethyl adjacent to an activating group) is 1. The number of anilines is 2. The minimum atomic E-state index is -0.0572. The normalized spacial score (nSPS) is 13.4. The third kappa shape index (κ3) is 2.43. The molecule has 0 atom stereocenters. The largest absolute Gasteiger partial charge is 0.482 e. The van der Waals surface area contributed by atoms with E-state index in [-0.39, 0.29) is 12.5 Å². The SMILES string of the molecule is CCc1sc(N)c(C#N)c1-c1ccc2c(c1)N(CC)C(=O)CO2. The third-order valence-corrected chi connectivity index (χ3v) is 5.11. The van der Waals surface area contributed by atoms with E-state index in [9.17, 15) is 10.1 Å². The molecule has 3 rings (SSSR count). The molecular weight excluding hydrogens is 310 g/mol. The second kappa shape index (κ2) is 5.94. The van der Waals surface area contributed by atoms with Crippen LogP contribution < -0.4 is 15.4 Å². The molecule has 1 aliphatic rings. The number of hydrogen-bond acceptors (Lipinski definition) is 5. The molecule has 118 valence electrons. The molecule has 23 heavy (non-hydrogen) atoms. The molecule has 0 bridgehead atoms. The summed E-state index contributed by atoms with van der Waals surface area (Å²) < 4.78 is 5.50. The first-order valence-corrected chi connectivity index (χ1v) is 8.31. The fourth-order valence-corrected chi connectivity index (χ4v) is 3.85. The van der Waals surface area contributed by atoms with Crippen LogP contribution in [-0.4, -0.2) is 19.1 Å². The van der Waals surface area contributed by atoms with Gasteiger partial charge in [0.25, 0.3) is 5.91 Å². The molecule has 0 radical (unpaired) electrons. The predicted molar refractivity (Wildman–Crippen MR) is 91.8 cm³/mol.